The number of aromatic nitrogens is 3. The molecule has 0 fully saturated rings. The molecule has 0 saturated carbocycles. The van der Waals surface area contributed by atoms with Gasteiger partial charge in [0.25, 0.3) is 10.0 Å². The standard InChI is InChI=1S/C18H19N5O3S/c1-13-10-15(26-2)5-6-16(13)27(24,25)23-18-8-7-17(21-22-18)20-12-14-4-3-9-19-11-14/h3-11H,12H2,1-2H3,(H,20,21)(H,22,23). The zero-order valence-corrected chi connectivity index (χ0v) is 15.7. The van der Waals surface area contributed by atoms with Gasteiger partial charge in [0.05, 0.1) is 12.0 Å². The van der Waals surface area contributed by atoms with Gasteiger partial charge in [-0.15, -0.1) is 10.2 Å². The number of hydrogen-bond acceptors (Lipinski definition) is 7. The highest BCUT2D eigenvalue weighted by atomic mass is 32.2. The van der Waals surface area contributed by atoms with E-state index in [-0.39, 0.29) is 10.7 Å². The summed E-state index contributed by atoms with van der Waals surface area (Å²) in [5, 5.41) is 11.0. The van der Waals surface area contributed by atoms with E-state index in [1.54, 1.807) is 43.6 Å². The van der Waals surface area contributed by atoms with E-state index in [0.717, 1.165) is 5.56 Å². The van der Waals surface area contributed by atoms with Crippen LogP contribution in [0.2, 0.25) is 0 Å². The number of nitrogens with one attached hydrogen (secondary N) is 2. The van der Waals surface area contributed by atoms with E-state index in [4.69, 9.17) is 4.74 Å². The first-order chi connectivity index (χ1) is 13.0. The van der Waals surface area contributed by atoms with Crippen molar-refractivity contribution >= 4 is 21.7 Å². The molecule has 1 aromatic carbocycles. The smallest absolute Gasteiger partial charge is 0.263 e. The van der Waals surface area contributed by atoms with Gasteiger partial charge in [0.2, 0.25) is 0 Å². The lowest BCUT2D eigenvalue weighted by Crippen LogP contribution is -2.15. The van der Waals surface area contributed by atoms with Gasteiger partial charge in [-0.25, -0.2) is 8.42 Å². The number of rotatable bonds is 7. The molecule has 0 bridgehead atoms. The first kappa shape index (κ1) is 18.6. The Kier molecular flexibility index (Phi) is 5.51. The lowest BCUT2D eigenvalue weighted by molar-refractivity contribution is 0.414. The molecule has 3 rings (SSSR count). The highest BCUT2D eigenvalue weighted by Crippen LogP contribution is 2.22. The van der Waals surface area contributed by atoms with Crippen LogP contribution in [-0.2, 0) is 16.6 Å². The number of sulfonamides is 1. The largest absolute Gasteiger partial charge is 0.497 e. The molecule has 0 spiro atoms. The third-order valence-corrected chi connectivity index (χ3v) is 5.29. The average molecular weight is 385 g/mol. The molecule has 3 aromatic rings. The molecule has 2 aromatic heterocycles. The number of hydrogen-bond donors (Lipinski definition) is 2. The van der Waals surface area contributed by atoms with E-state index in [1.165, 1.54) is 13.2 Å². The molecule has 0 aliphatic heterocycles. The van der Waals surface area contributed by atoms with Gasteiger partial charge in [-0.1, -0.05) is 6.07 Å². The first-order valence-electron chi connectivity index (χ1n) is 8.12. The van der Waals surface area contributed by atoms with Crippen molar-refractivity contribution < 1.29 is 13.2 Å². The van der Waals surface area contributed by atoms with E-state index in [2.05, 4.69) is 25.2 Å². The van der Waals surface area contributed by atoms with Crippen molar-refractivity contribution in [3.05, 3.63) is 66.0 Å². The fourth-order valence-electron chi connectivity index (χ4n) is 2.42. The molecule has 0 atom stereocenters. The van der Waals surface area contributed by atoms with Gasteiger partial charge < -0.3 is 10.1 Å². The summed E-state index contributed by atoms with van der Waals surface area (Å²) in [5.41, 5.74) is 1.57. The number of pyridine rings is 1. The Labute approximate surface area is 157 Å². The molecule has 0 aliphatic rings. The molecule has 0 amide bonds. The molecule has 8 nitrogen and oxygen atoms in total. The molecule has 0 radical (unpaired) electrons. The van der Waals surface area contributed by atoms with Crippen molar-refractivity contribution in [3.63, 3.8) is 0 Å². The Bertz CT molecular complexity index is 1010. The minimum Gasteiger partial charge on any atom is -0.497 e. The van der Waals surface area contributed by atoms with E-state index < -0.39 is 10.0 Å². The van der Waals surface area contributed by atoms with Gasteiger partial charge in [0.1, 0.15) is 11.6 Å². The lowest BCUT2D eigenvalue weighted by Gasteiger charge is -2.11. The Hall–Kier alpha value is -3.20. The van der Waals surface area contributed by atoms with E-state index in [1.807, 2.05) is 12.1 Å². The third kappa shape index (κ3) is 4.70. The fraction of sp³-hybridized carbons (Fsp3) is 0.167. The van der Waals surface area contributed by atoms with Crippen molar-refractivity contribution in [1.29, 1.82) is 0 Å². The van der Waals surface area contributed by atoms with Crippen molar-refractivity contribution in [2.24, 2.45) is 0 Å². The van der Waals surface area contributed by atoms with Crippen molar-refractivity contribution in [3.8, 4) is 5.75 Å². The molecule has 0 saturated heterocycles. The SMILES string of the molecule is COc1ccc(S(=O)(=O)Nc2ccc(NCc3cccnc3)nn2)c(C)c1. The van der Waals surface area contributed by atoms with Crippen LogP contribution in [0.15, 0.2) is 59.8 Å². The maximum absolute atomic E-state index is 12.6. The fourth-order valence-corrected chi connectivity index (χ4v) is 3.64. The van der Waals surface area contributed by atoms with E-state index in [9.17, 15) is 8.42 Å². The number of ether oxygens (including phenoxy) is 1. The van der Waals surface area contributed by atoms with Gasteiger partial charge in [0.15, 0.2) is 5.82 Å². The number of methoxy groups -OCH3 is 1. The summed E-state index contributed by atoms with van der Waals surface area (Å²) in [6, 6.07) is 11.7. The van der Waals surface area contributed by atoms with Gasteiger partial charge in [-0.05, 0) is 54.4 Å². The molecule has 27 heavy (non-hydrogen) atoms. The van der Waals surface area contributed by atoms with Gasteiger partial charge in [-0.3, -0.25) is 9.71 Å². The lowest BCUT2D eigenvalue weighted by atomic mass is 10.2. The second-order valence-corrected chi connectivity index (χ2v) is 7.41. The number of aryl methyl sites for hydroxylation is 1. The zero-order valence-electron chi connectivity index (χ0n) is 14.9. The van der Waals surface area contributed by atoms with Crippen LogP contribution >= 0.6 is 0 Å². The Morgan fingerprint density at radius 1 is 1.07 bits per heavy atom. The molecule has 2 N–H and O–H groups in total. The van der Waals surface area contributed by atoms with Crippen molar-refractivity contribution in [2.45, 2.75) is 18.4 Å². The number of anilines is 2. The Balaban J connectivity index is 1.68. The topological polar surface area (TPSA) is 106 Å². The maximum Gasteiger partial charge on any atom is 0.263 e. The van der Waals surface area contributed by atoms with Crippen LogP contribution in [0.3, 0.4) is 0 Å². The van der Waals surface area contributed by atoms with E-state index >= 15 is 0 Å². The second kappa shape index (κ2) is 8.00. The van der Waals surface area contributed by atoms with Crippen molar-refractivity contribution in [2.75, 3.05) is 17.1 Å². The quantitative estimate of drug-likeness (QED) is 0.644. The second-order valence-electron chi connectivity index (χ2n) is 5.76. The van der Waals surface area contributed by atoms with Crippen LogP contribution in [-0.4, -0.2) is 30.7 Å². The van der Waals surface area contributed by atoms with Crippen LogP contribution < -0.4 is 14.8 Å². The Morgan fingerprint density at radius 3 is 2.48 bits per heavy atom. The molecule has 0 aliphatic carbocycles. The van der Waals surface area contributed by atoms with Crippen molar-refractivity contribution in [1.82, 2.24) is 15.2 Å². The summed E-state index contributed by atoms with van der Waals surface area (Å²) in [6.45, 7) is 2.24. The predicted molar refractivity (Wildman–Crippen MR) is 102 cm³/mol. The summed E-state index contributed by atoms with van der Waals surface area (Å²) in [4.78, 5) is 4.19. The van der Waals surface area contributed by atoms with Crippen LogP contribution in [0, 0.1) is 6.92 Å². The van der Waals surface area contributed by atoms with Crippen LogP contribution in [0.1, 0.15) is 11.1 Å². The molecule has 9 heteroatoms. The predicted octanol–water partition coefficient (Wildman–Crippen LogP) is 2.60. The summed E-state index contributed by atoms with van der Waals surface area (Å²) in [6.07, 6.45) is 3.45. The van der Waals surface area contributed by atoms with Crippen LogP contribution in [0.5, 0.6) is 5.75 Å². The summed E-state index contributed by atoms with van der Waals surface area (Å²) < 4.78 is 32.7. The summed E-state index contributed by atoms with van der Waals surface area (Å²) in [7, 11) is -2.25. The summed E-state index contributed by atoms with van der Waals surface area (Å²) >= 11 is 0. The van der Waals surface area contributed by atoms with E-state index in [0.29, 0.717) is 23.7 Å². The zero-order chi connectivity index (χ0) is 19.3. The molecule has 2 heterocycles. The number of benzene rings is 1. The molecule has 0 unspecified atom stereocenters. The third-order valence-electron chi connectivity index (χ3n) is 3.77. The summed E-state index contributed by atoms with van der Waals surface area (Å²) in [5.74, 6) is 1.26. The minimum atomic E-state index is -3.77. The van der Waals surface area contributed by atoms with Crippen LogP contribution in [0.25, 0.3) is 0 Å². The number of nitrogens with zero attached hydrogens (tertiary/aromatic N) is 3. The molecular weight excluding hydrogens is 366 g/mol. The first-order valence-corrected chi connectivity index (χ1v) is 9.60. The van der Waals surface area contributed by atoms with Gasteiger partial charge in [0, 0.05) is 18.9 Å². The Morgan fingerprint density at radius 2 is 1.85 bits per heavy atom. The minimum absolute atomic E-state index is 0.136. The van der Waals surface area contributed by atoms with Gasteiger partial charge in [-0.2, -0.15) is 0 Å². The van der Waals surface area contributed by atoms with Crippen LogP contribution in [0.4, 0.5) is 11.6 Å². The highest BCUT2D eigenvalue weighted by molar-refractivity contribution is 7.92. The average Bonchev–Trinajstić information content (AvgIpc) is 2.67. The maximum atomic E-state index is 12.6. The normalized spacial score (nSPS) is 11.0. The molecular formula is C18H19N5O3S. The molecule has 140 valence electrons. The van der Waals surface area contributed by atoms with Gasteiger partial charge >= 0.3 is 0 Å². The monoisotopic (exact) mass is 385 g/mol. The highest BCUT2D eigenvalue weighted by Gasteiger charge is 2.18.